The fraction of sp³-hybridized carbons (Fsp3) is 0.500. The number of carbonyl (C=O) groups is 1. The van der Waals surface area contributed by atoms with E-state index >= 15 is 0 Å². The lowest BCUT2D eigenvalue weighted by Gasteiger charge is -2.20. The number of aliphatic imine (C=N–C) groups is 1. The van der Waals surface area contributed by atoms with Gasteiger partial charge < -0.3 is 20.6 Å². The van der Waals surface area contributed by atoms with Crippen molar-refractivity contribution in [1.29, 1.82) is 0 Å². The van der Waals surface area contributed by atoms with Crippen LogP contribution in [0.4, 0.5) is 5.69 Å². The molecule has 7 heteroatoms. The van der Waals surface area contributed by atoms with E-state index in [1.54, 1.807) is 0 Å². The summed E-state index contributed by atoms with van der Waals surface area (Å²) in [7, 11) is 0. The number of rotatable bonds is 5. The molecule has 0 unspecified atom stereocenters. The van der Waals surface area contributed by atoms with Crippen molar-refractivity contribution in [3.05, 3.63) is 28.7 Å². The lowest BCUT2D eigenvalue weighted by molar-refractivity contribution is -0.116. The summed E-state index contributed by atoms with van der Waals surface area (Å²) in [6, 6.07) is 7.47. The van der Waals surface area contributed by atoms with Crippen LogP contribution < -0.4 is 10.6 Å². The Morgan fingerprint density at radius 3 is 2.78 bits per heavy atom. The van der Waals surface area contributed by atoms with Crippen LogP contribution in [0.15, 0.2) is 33.7 Å². The van der Waals surface area contributed by atoms with Crippen LogP contribution in [-0.4, -0.2) is 54.2 Å². The second-order valence-corrected chi connectivity index (χ2v) is 6.34. The molecule has 1 atom stereocenters. The Hall–Kier alpha value is -1.60. The highest BCUT2D eigenvalue weighted by atomic mass is 79.9. The van der Waals surface area contributed by atoms with Crippen LogP contribution >= 0.6 is 15.9 Å². The quantitative estimate of drug-likeness (QED) is 0.536. The average molecular weight is 383 g/mol. The molecule has 0 spiro atoms. The van der Waals surface area contributed by atoms with E-state index in [0.717, 1.165) is 35.6 Å². The number of nitrogens with zero attached hydrogens (tertiary/aromatic N) is 2. The zero-order valence-corrected chi connectivity index (χ0v) is 14.8. The maximum Gasteiger partial charge on any atom is 0.226 e. The number of benzene rings is 1. The molecule has 1 fully saturated rings. The maximum atomic E-state index is 11.9. The first kappa shape index (κ1) is 17.7. The van der Waals surface area contributed by atoms with E-state index in [2.05, 4.69) is 31.6 Å². The number of likely N-dealkylation sites (tertiary alicyclic amines) is 1. The predicted molar refractivity (Wildman–Crippen MR) is 95.6 cm³/mol. The van der Waals surface area contributed by atoms with Gasteiger partial charge in [0.1, 0.15) is 0 Å². The van der Waals surface area contributed by atoms with Gasteiger partial charge in [0.25, 0.3) is 0 Å². The molecule has 0 aromatic heterocycles. The number of nitrogens with one attached hydrogen (secondary N) is 2. The number of β-amino-alcohol motifs (C(OH)–C–C–N with tert-alkyl or cyclic N) is 1. The Morgan fingerprint density at radius 2 is 2.17 bits per heavy atom. The molecule has 23 heavy (non-hydrogen) atoms. The molecule has 0 aliphatic carbocycles. The molecule has 1 heterocycles. The van der Waals surface area contributed by atoms with E-state index in [1.807, 2.05) is 36.1 Å². The average Bonchev–Trinajstić information content (AvgIpc) is 2.95. The molecular weight excluding hydrogens is 360 g/mol. The molecule has 1 aliphatic rings. The number of carbonyl (C=O) groups excluding carboxylic acids is 1. The molecule has 1 amide bonds. The van der Waals surface area contributed by atoms with Gasteiger partial charge >= 0.3 is 0 Å². The van der Waals surface area contributed by atoms with Crippen molar-refractivity contribution in [3.8, 4) is 0 Å². The molecule has 2 rings (SSSR count). The van der Waals surface area contributed by atoms with Crippen molar-refractivity contribution in [2.75, 3.05) is 31.5 Å². The van der Waals surface area contributed by atoms with Crippen LogP contribution in [0.5, 0.6) is 0 Å². The molecule has 1 saturated heterocycles. The fourth-order valence-corrected chi connectivity index (χ4v) is 2.64. The lowest BCUT2D eigenvalue weighted by Crippen LogP contribution is -2.40. The molecule has 6 nitrogen and oxygen atoms in total. The molecule has 0 saturated carbocycles. The summed E-state index contributed by atoms with van der Waals surface area (Å²) < 4.78 is 0.975. The highest BCUT2D eigenvalue weighted by Gasteiger charge is 2.22. The van der Waals surface area contributed by atoms with Crippen LogP contribution in [0, 0.1) is 0 Å². The van der Waals surface area contributed by atoms with Crippen molar-refractivity contribution >= 4 is 33.5 Å². The molecule has 1 aromatic rings. The van der Waals surface area contributed by atoms with E-state index < -0.39 is 0 Å². The molecule has 0 bridgehead atoms. The monoisotopic (exact) mass is 382 g/mol. The number of hydrogen-bond donors (Lipinski definition) is 3. The van der Waals surface area contributed by atoms with Gasteiger partial charge in [0.15, 0.2) is 5.96 Å². The third-order valence-corrected chi connectivity index (χ3v) is 4.05. The Kier molecular flexibility index (Phi) is 6.85. The Bertz CT molecular complexity index is 548. The zero-order valence-electron chi connectivity index (χ0n) is 13.3. The lowest BCUT2D eigenvalue weighted by atomic mass is 10.3. The smallest absolute Gasteiger partial charge is 0.226 e. The first-order valence-electron chi connectivity index (χ1n) is 7.85. The SMILES string of the molecule is CCNC(=NCCC(=O)Nc1ccc(Br)cc1)N1CC[C@@H](O)C1. The van der Waals surface area contributed by atoms with Gasteiger partial charge in [0.2, 0.25) is 5.91 Å². The van der Waals surface area contributed by atoms with Crippen molar-refractivity contribution < 1.29 is 9.90 Å². The van der Waals surface area contributed by atoms with Gasteiger partial charge in [0, 0.05) is 36.2 Å². The molecule has 3 N–H and O–H groups in total. The van der Waals surface area contributed by atoms with Crippen molar-refractivity contribution in [2.24, 2.45) is 4.99 Å². The van der Waals surface area contributed by atoms with Crippen LogP contribution in [0.3, 0.4) is 0 Å². The number of amides is 1. The normalized spacial score (nSPS) is 18.1. The van der Waals surface area contributed by atoms with E-state index in [9.17, 15) is 9.90 Å². The van der Waals surface area contributed by atoms with Crippen LogP contribution in [0.1, 0.15) is 19.8 Å². The van der Waals surface area contributed by atoms with E-state index in [4.69, 9.17) is 0 Å². The van der Waals surface area contributed by atoms with Gasteiger partial charge in [-0.15, -0.1) is 0 Å². The minimum atomic E-state index is -0.292. The summed E-state index contributed by atoms with van der Waals surface area (Å²) in [5.41, 5.74) is 0.775. The first-order chi connectivity index (χ1) is 11.1. The Balaban J connectivity index is 1.82. The summed E-state index contributed by atoms with van der Waals surface area (Å²) in [5.74, 6) is 0.703. The summed E-state index contributed by atoms with van der Waals surface area (Å²) in [6.45, 7) is 4.56. The number of guanidine groups is 1. The topological polar surface area (TPSA) is 77.0 Å². The van der Waals surface area contributed by atoms with E-state index in [-0.39, 0.29) is 12.0 Å². The van der Waals surface area contributed by atoms with Gasteiger partial charge in [-0.2, -0.15) is 0 Å². The summed E-state index contributed by atoms with van der Waals surface area (Å²) in [5, 5.41) is 15.7. The van der Waals surface area contributed by atoms with Gasteiger partial charge in [-0.1, -0.05) is 15.9 Å². The second kappa shape index (κ2) is 8.88. The minimum Gasteiger partial charge on any atom is -0.391 e. The van der Waals surface area contributed by atoms with Crippen LogP contribution in [-0.2, 0) is 4.79 Å². The van der Waals surface area contributed by atoms with Gasteiger partial charge in [-0.3, -0.25) is 9.79 Å². The van der Waals surface area contributed by atoms with Crippen molar-refractivity contribution in [2.45, 2.75) is 25.9 Å². The summed E-state index contributed by atoms with van der Waals surface area (Å²) in [4.78, 5) is 18.5. The Labute approximate surface area is 145 Å². The molecular formula is C16H23BrN4O2. The molecule has 126 valence electrons. The van der Waals surface area contributed by atoms with E-state index in [1.165, 1.54) is 0 Å². The van der Waals surface area contributed by atoms with Gasteiger partial charge in [-0.25, -0.2) is 0 Å². The minimum absolute atomic E-state index is 0.0617. The molecule has 0 radical (unpaired) electrons. The third-order valence-electron chi connectivity index (χ3n) is 3.53. The number of aliphatic hydroxyl groups is 1. The number of hydrogen-bond acceptors (Lipinski definition) is 3. The molecule has 1 aliphatic heterocycles. The first-order valence-corrected chi connectivity index (χ1v) is 8.64. The van der Waals surface area contributed by atoms with Gasteiger partial charge in [-0.05, 0) is 37.6 Å². The predicted octanol–water partition coefficient (Wildman–Crippen LogP) is 1.81. The zero-order chi connectivity index (χ0) is 16.7. The van der Waals surface area contributed by atoms with E-state index in [0.29, 0.717) is 19.5 Å². The second-order valence-electron chi connectivity index (χ2n) is 5.43. The van der Waals surface area contributed by atoms with Gasteiger partial charge in [0.05, 0.1) is 12.6 Å². The standard InChI is InChI=1S/C16H23BrN4O2/c1-2-18-16(21-10-8-14(22)11-21)19-9-7-15(23)20-13-5-3-12(17)4-6-13/h3-6,14,22H,2,7-11H2,1H3,(H,18,19)(H,20,23)/t14-/m1/s1. The fourth-order valence-electron chi connectivity index (χ4n) is 2.38. The number of halogens is 1. The van der Waals surface area contributed by atoms with Crippen molar-refractivity contribution in [3.63, 3.8) is 0 Å². The summed E-state index contributed by atoms with van der Waals surface area (Å²) >= 11 is 3.36. The van der Waals surface area contributed by atoms with Crippen molar-refractivity contribution in [1.82, 2.24) is 10.2 Å². The highest BCUT2D eigenvalue weighted by Crippen LogP contribution is 2.14. The maximum absolute atomic E-state index is 11.9. The number of aliphatic hydroxyl groups excluding tert-OH is 1. The van der Waals surface area contributed by atoms with Crippen LogP contribution in [0.25, 0.3) is 0 Å². The summed E-state index contributed by atoms with van der Waals surface area (Å²) in [6.07, 6.45) is 0.787. The Morgan fingerprint density at radius 1 is 1.43 bits per heavy atom. The highest BCUT2D eigenvalue weighted by molar-refractivity contribution is 9.10. The number of anilines is 1. The third kappa shape index (κ3) is 5.84. The molecule has 1 aromatic carbocycles. The van der Waals surface area contributed by atoms with Crippen LogP contribution in [0.2, 0.25) is 0 Å². The largest absolute Gasteiger partial charge is 0.391 e.